The molecule has 1 amide bonds. The van der Waals surface area contributed by atoms with Crippen molar-refractivity contribution in [2.75, 3.05) is 20.3 Å². The summed E-state index contributed by atoms with van der Waals surface area (Å²) >= 11 is 13.3. The van der Waals surface area contributed by atoms with E-state index in [-0.39, 0.29) is 24.7 Å². The van der Waals surface area contributed by atoms with Crippen molar-refractivity contribution in [2.45, 2.75) is 26.1 Å². The second-order valence-corrected chi connectivity index (χ2v) is 8.94. The van der Waals surface area contributed by atoms with Crippen LogP contribution in [0.25, 0.3) is 10.1 Å². The number of amides is 1. The molecule has 0 radical (unpaired) electrons. The van der Waals surface area contributed by atoms with Gasteiger partial charge in [0.05, 0.1) is 6.61 Å². The molecule has 176 valence electrons. The van der Waals surface area contributed by atoms with Crippen molar-refractivity contribution in [2.24, 2.45) is 0 Å². The number of nitrogens with one attached hydrogen (secondary N) is 1. The van der Waals surface area contributed by atoms with E-state index in [0.717, 1.165) is 10.3 Å². The molecule has 0 fully saturated rings. The molecule has 0 bridgehead atoms. The summed E-state index contributed by atoms with van der Waals surface area (Å²) in [5.41, 5.74) is 0.779. The first-order chi connectivity index (χ1) is 15.8. The number of carboxylic acid groups (broad SMARTS) is 1. The van der Waals surface area contributed by atoms with E-state index in [1.807, 2.05) is 0 Å². The Labute approximate surface area is 205 Å². The molecule has 2 N–H and O–H groups in total. The van der Waals surface area contributed by atoms with Gasteiger partial charge >= 0.3 is 5.97 Å². The topological polar surface area (TPSA) is 94.1 Å². The molecular formula is C23H23Cl2NO6S. The quantitative estimate of drug-likeness (QED) is 0.334. The summed E-state index contributed by atoms with van der Waals surface area (Å²) in [6.45, 7) is 2.61. The zero-order valence-corrected chi connectivity index (χ0v) is 20.4. The maximum atomic E-state index is 12.8. The second-order valence-electron chi connectivity index (χ2n) is 7.04. The van der Waals surface area contributed by atoms with Gasteiger partial charge < -0.3 is 24.6 Å². The number of hydrogen-bond donors (Lipinski definition) is 2. The fourth-order valence-electron chi connectivity index (χ4n) is 3.01. The number of methoxy groups -OCH3 is 1. The van der Waals surface area contributed by atoms with Gasteiger partial charge in [0.25, 0.3) is 5.91 Å². The van der Waals surface area contributed by atoms with Crippen molar-refractivity contribution >= 4 is 56.5 Å². The zero-order valence-electron chi connectivity index (χ0n) is 18.0. The minimum absolute atomic E-state index is 0.234. The fourth-order valence-corrected chi connectivity index (χ4v) is 4.55. The minimum Gasteiger partial charge on any atom is -0.489 e. The highest BCUT2D eigenvalue weighted by Gasteiger charge is 2.25. The summed E-state index contributed by atoms with van der Waals surface area (Å²) < 4.78 is 17.4. The summed E-state index contributed by atoms with van der Waals surface area (Å²) in [6.07, 6.45) is -0.822. The molecule has 0 aliphatic carbocycles. The lowest BCUT2D eigenvalue weighted by Crippen LogP contribution is -2.29. The number of hydrogen-bond acceptors (Lipinski definition) is 6. The summed E-state index contributed by atoms with van der Waals surface area (Å²) in [5, 5.41) is 13.9. The Hall–Kier alpha value is -2.52. The van der Waals surface area contributed by atoms with E-state index in [1.54, 1.807) is 43.3 Å². The van der Waals surface area contributed by atoms with Crippen LogP contribution in [0.4, 0.5) is 0 Å². The molecule has 0 spiro atoms. The Morgan fingerprint density at radius 2 is 1.97 bits per heavy atom. The third kappa shape index (κ3) is 6.29. The lowest BCUT2D eigenvalue weighted by molar-refractivity contribution is -0.145. The van der Waals surface area contributed by atoms with Crippen LogP contribution in [0.2, 0.25) is 10.0 Å². The van der Waals surface area contributed by atoms with Crippen LogP contribution in [0.1, 0.15) is 28.6 Å². The highest BCUT2D eigenvalue weighted by atomic mass is 35.5. The summed E-state index contributed by atoms with van der Waals surface area (Å²) in [4.78, 5) is 24.6. The van der Waals surface area contributed by atoms with Crippen molar-refractivity contribution in [3.8, 4) is 11.5 Å². The molecule has 3 rings (SSSR count). The number of benzene rings is 2. The van der Waals surface area contributed by atoms with Gasteiger partial charge in [0.2, 0.25) is 0 Å². The standard InChI is InChI=1S/C23H23Cl2NO6S/c1-3-18(23(28)29)32-20-16-7-6-15(31-12-13-4-5-14(24)10-17(13)25)11-19(16)33-21(20)22(27)26-8-9-30-2/h4-7,10-11,18H,3,8-9,12H2,1-2H3,(H,26,27)(H,28,29). The molecule has 2 aromatic carbocycles. The number of aliphatic carboxylic acids is 1. The van der Waals surface area contributed by atoms with Crippen LogP contribution >= 0.6 is 34.5 Å². The summed E-state index contributed by atoms with van der Waals surface area (Å²) in [6, 6.07) is 10.4. The van der Waals surface area contributed by atoms with Gasteiger partial charge in [0, 0.05) is 39.3 Å². The third-order valence-corrected chi connectivity index (χ3v) is 6.45. The monoisotopic (exact) mass is 511 g/mol. The van der Waals surface area contributed by atoms with E-state index in [4.69, 9.17) is 37.4 Å². The number of carboxylic acids is 1. The second kappa shape index (κ2) is 11.6. The van der Waals surface area contributed by atoms with Gasteiger partial charge in [-0.05, 0) is 36.8 Å². The van der Waals surface area contributed by atoms with Crippen molar-refractivity contribution in [3.63, 3.8) is 0 Å². The SMILES string of the molecule is CCC(Oc1c(C(=O)NCCOC)sc2cc(OCc3ccc(Cl)cc3Cl)ccc12)C(=O)O. The van der Waals surface area contributed by atoms with E-state index >= 15 is 0 Å². The van der Waals surface area contributed by atoms with Crippen molar-refractivity contribution in [3.05, 3.63) is 56.9 Å². The predicted octanol–water partition coefficient (Wildman–Crippen LogP) is 5.41. The smallest absolute Gasteiger partial charge is 0.344 e. The Kier molecular flexibility index (Phi) is 8.80. The zero-order chi connectivity index (χ0) is 24.0. The molecular weight excluding hydrogens is 489 g/mol. The van der Waals surface area contributed by atoms with Crippen LogP contribution in [0, 0.1) is 0 Å². The van der Waals surface area contributed by atoms with E-state index < -0.39 is 12.1 Å². The van der Waals surface area contributed by atoms with Crippen LogP contribution in [0.5, 0.6) is 11.5 Å². The maximum absolute atomic E-state index is 12.8. The first kappa shape index (κ1) is 25.1. The average Bonchev–Trinajstić information content (AvgIpc) is 3.14. The molecule has 1 atom stereocenters. The van der Waals surface area contributed by atoms with E-state index in [1.165, 1.54) is 18.4 Å². The Bertz CT molecular complexity index is 1150. The number of carbonyl (C=O) groups excluding carboxylic acids is 1. The lowest BCUT2D eigenvalue weighted by Gasteiger charge is -2.14. The number of thiophene rings is 1. The van der Waals surface area contributed by atoms with Crippen LogP contribution in [0.15, 0.2) is 36.4 Å². The van der Waals surface area contributed by atoms with Gasteiger partial charge in [-0.25, -0.2) is 4.79 Å². The number of fused-ring (bicyclic) bond motifs is 1. The maximum Gasteiger partial charge on any atom is 0.344 e. The molecule has 1 heterocycles. The number of halogens is 2. The predicted molar refractivity (Wildman–Crippen MR) is 129 cm³/mol. The van der Waals surface area contributed by atoms with E-state index in [9.17, 15) is 14.7 Å². The van der Waals surface area contributed by atoms with Gasteiger partial charge in [-0.1, -0.05) is 36.2 Å². The summed E-state index contributed by atoms with van der Waals surface area (Å²) in [7, 11) is 1.54. The number of ether oxygens (including phenoxy) is 3. The first-order valence-corrected chi connectivity index (χ1v) is 11.7. The molecule has 33 heavy (non-hydrogen) atoms. The molecule has 3 aromatic rings. The molecule has 0 aliphatic rings. The summed E-state index contributed by atoms with van der Waals surface area (Å²) in [5.74, 6) is -0.648. The van der Waals surface area contributed by atoms with Crippen LogP contribution in [-0.2, 0) is 16.1 Å². The van der Waals surface area contributed by atoms with Crippen molar-refractivity contribution < 1.29 is 28.9 Å². The molecule has 0 aliphatic heterocycles. The first-order valence-electron chi connectivity index (χ1n) is 10.1. The lowest BCUT2D eigenvalue weighted by atomic mass is 10.2. The molecule has 1 aromatic heterocycles. The number of carbonyl (C=O) groups is 2. The molecule has 7 nitrogen and oxygen atoms in total. The largest absolute Gasteiger partial charge is 0.489 e. The van der Waals surface area contributed by atoms with Gasteiger partial charge in [0.1, 0.15) is 17.2 Å². The highest BCUT2D eigenvalue weighted by Crippen LogP contribution is 2.40. The van der Waals surface area contributed by atoms with Crippen LogP contribution in [0.3, 0.4) is 0 Å². The minimum atomic E-state index is -1.10. The normalized spacial score (nSPS) is 11.9. The van der Waals surface area contributed by atoms with Gasteiger partial charge in [0.15, 0.2) is 11.9 Å². The Morgan fingerprint density at radius 1 is 1.18 bits per heavy atom. The van der Waals surface area contributed by atoms with Crippen molar-refractivity contribution in [1.82, 2.24) is 5.32 Å². The Balaban J connectivity index is 1.90. The van der Waals surface area contributed by atoms with E-state index in [2.05, 4.69) is 5.32 Å². The van der Waals surface area contributed by atoms with Gasteiger partial charge in [-0.3, -0.25) is 4.79 Å². The van der Waals surface area contributed by atoms with Crippen molar-refractivity contribution in [1.29, 1.82) is 0 Å². The third-order valence-electron chi connectivity index (χ3n) is 4.73. The molecule has 1 unspecified atom stereocenters. The Morgan fingerprint density at radius 3 is 2.64 bits per heavy atom. The molecule has 0 saturated heterocycles. The van der Waals surface area contributed by atoms with Crippen LogP contribution in [-0.4, -0.2) is 43.3 Å². The number of rotatable bonds is 11. The van der Waals surface area contributed by atoms with Gasteiger partial charge in [-0.15, -0.1) is 11.3 Å². The highest BCUT2D eigenvalue weighted by molar-refractivity contribution is 7.21. The molecule has 0 saturated carbocycles. The fraction of sp³-hybridized carbons (Fsp3) is 0.304. The van der Waals surface area contributed by atoms with Crippen LogP contribution < -0.4 is 14.8 Å². The average molecular weight is 512 g/mol. The molecule has 10 heteroatoms. The van der Waals surface area contributed by atoms with Gasteiger partial charge in [-0.2, -0.15) is 0 Å². The van der Waals surface area contributed by atoms with E-state index in [0.29, 0.717) is 39.2 Å².